The van der Waals surface area contributed by atoms with Crippen LogP contribution in [0.5, 0.6) is 0 Å². The molecule has 0 saturated heterocycles. The van der Waals surface area contributed by atoms with Gasteiger partial charge in [-0.1, -0.05) is 157 Å². The maximum atomic E-state index is 10.9. The van der Waals surface area contributed by atoms with Crippen molar-refractivity contribution >= 4 is 106 Å². The van der Waals surface area contributed by atoms with Gasteiger partial charge in [0, 0.05) is 35.8 Å². The largest absolute Gasteiger partial charge is 3.00 e. The van der Waals surface area contributed by atoms with Crippen LogP contribution in [0.3, 0.4) is 0 Å². The number of carboxylic acids is 6. The van der Waals surface area contributed by atoms with Crippen molar-refractivity contribution < 1.29 is 117 Å². The van der Waals surface area contributed by atoms with E-state index in [2.05, 4.69) is 70.0 Å². The number of hydrogen-bond donors (Lipinski definition) is 0. The Hall–Kier alpha value is -6.86. The van der Waals surface area contributed by atoms with Crippen molar-refractivity contribution in [3.8, 4) is 0 Å². The summed E-state index contributed by atoms with van der Waals surface area (Å²) in [6, 6.07) is 0. The van der Waals surface area contributed by atoms with Crippen LogP contribution in [0.1, 0.15) is 311 Å². The van der Waals surface area contributed by atoms with Crippen LogP contribution in [0.2, 0.25) is 0 Å². The second kappa shape index (κ2) is 90.1. The molecule has 552 valence electrons. The molecule has 0 bridgehead atoms. The number of hydrogen-bond acceptors (Lipinski definition) is 24. The van der Waals surface area contributed by atoms with Gasteiger partial charge in [-0.25, -0.2) is 0 Å². The third-order valence-electron chi connectivity index (χ3n) is 12.3. The Labute approximate surface area is 605 Å². The third-order valence-corrected chi connectivity index (χ3v) is 12.3. The smallest absolute Gasteiger partial charge is 0.550 e. The summed E-state index contributed by atoms with van der Waals surface area (Å²) in [7, 11) is 0. The second-order valence-electron chi connectivity index (χ2n) is 21.5. The Balaban J connectivity index is -0.000000165. The minimum atomic E-state index is -1.24. The number of rotatable bonds is 54. The van der Waals surface area contributed by atoms with Crippen molar-refractivity contribution in [1.82, 2.24) is 0 Å². The average molecular weight is 1420 g/mol. The first-order chi connectivity index (χ1) is 46.0. The van der Waals surface area contributed by atoms with Gasteiger partial charge >= 0.3 is 70.5 Å². The van der Waals surface area contributed by atoms with Crippen molar-refractivity contribution in [2.75, 3.05) is 0 Å². The molecule has 0 atom stereocenters. The van der Waals surface area contributed by atoms with Gasteiger partial charge in [-0.05, 0) is 152 Å². The van der Waals surface area contributed by atoms with E-state index in [1.165, 1.54) is 153 Å². The van der Waals surface area contributed by atoms with E-state index in [1.807, 2.05) is 0 Å². The zero-order chi connectivity index (χ0) is 73.4. The van der Waals surface area contributed by atoms with Crippen LogP contribution in [0.15, 0.2) is 74.0 Å². The number of carboxylic acid groups (broad SMARTS) is 6. The number of ether oxygens (including phenoxy) is 6. The Bertz CT molecular complexity index is 1800. The first-order valence-corrected chi connectivity index (χ1v) is 34.2. The van der Waals surface area contributed by atoms with Crippen LogP contribution < -0.4 is 30.6 Å². The second-order valence-corrected chi connectivity index (χ2v) is 21.5. The predicted molar refractivity (Wildman–Crippen MR) is 361 cm³/mol. The average Bonchev–Trinajstić information content (AvgIpc) is 3.78. The monoisotopic (exact) mass is 1420 g/mol. The number of unbranched alkanes of at least 4 members (excludes halogenated alkanes) is 24. The van der Waals surface area contributed by atoms with Gasteiger partial charge in [0.05, 0.1) is 76.1 Å². The van der Waals surface area contributed by atoms with E-state index >= 15 is 0 Å². The van der Waals surface area contributed by atoms with E-state index < -0.39 is 71.6 Å². The van der Waals surface area contributed by atoms with Crippen molar-refractivity contribution in [2.45, 2.75) is 311 Å². The summed E-state index contributed by atoms with van der Waals surface area (Å²) in [6.07, 6.45) is 49.6. The summed E-state index contributed by atoms with van der Waals surface area (Å²) in [5.74, 6) is -10.6. The van der Waals surface area contributed by atoms with Crippen LogP contribution in [0, 0.1) is 0 Å². The number of allylic oxidation sites excluding steroid dienone is 6. The van der Waals surface area contributed by atoms with Gasteiger partial charge in [0.25, 0.3) is 0 Å². The summed E-state index contributed by atoms with van der Waals surface area (Å²) in [5.41, 5.74) is 0. The number of carbonyl (C=O) groups is 12. The van der Waals surface area contributed by atoms with Crippen LogP contribution in [-0.4, -0.2) is 106 Å². The number of esters is 6. The summed E-state index contributed by atoms with van der Waals surface area (Å²) in [6.45, 7) is 12.9. The zero-order valence-electron chi connectivity index (χ0n) is 59.6. The van der Waals surface area contributed by atoms with Crippen LogP contribution >= 0.6 is 0 Å². The molecule has 0 unspecified atom stereocenters. The predicted octanol–water partition coefficient (Wildman–Crippen LogP) is 8.50. The van der Waals surface area contributed by atoms with Gasteiger partial charge in [-0.3, -0.25) is 28.8 Å². The Morgan fingerprint density at radius 2 is 0.327 bits per heavy atom. The van der Waals surface area contributed by atoms with Crippen LogP contribution in [0.4, 0.5) is 0 Å². The molecule has 0 heterocycles. The van der Waals surface area contributed by atoms with Crippen molar-refractivity contribution in [3.05, 3.63) is 74.0 Å². The quantitative estimate of drug-likeness (QED) is 0.0181. The summed E-state index contributed by atoms with van der Waals surface area (Å²) >= 11 is 0. The third kappa shape index (κ3) is 116. The Kier molecular flexibility index (Phi) is 98.6. The van der Waals surface area contributed by atoms with E-state index in [-0.39, 0.29) is 112 Å². The van der Waals surface area contributed by atoms with E-state index in [0.29, 0.717) is 0 Å². The van der Waals surface area contributed by atoms with E-state index in [0.717, 1.165) is 77.0 Å². The fourth-order valence-corrected chi connectivity index (χ4v) is 6.86. The molecule has 0 N–H and O–H groups in total. The topological polar surface area (TPSA) is 399 Å². The molecule has 26 heteroatoms. The van der Waals surface area contributed by atoms with Crippen molar-refractivity contribution in [3.63, 3.8) is 0 Å². The maximum Gasteiger partial charge on any atom is 3.00 e. The molecule has 0 amide bonds. The van der Waals surface area contributed by atoms with Gasteiger partial charge in [0.1, 0.15) is 0 Å². The van der Waals surface area contributed by atoms with Gasteiger partial charge in [-0.2, -0.15) is 0 Å². The molecular weight excluding hydrogens is 1300 g/mol. The summed E-state index contributed by atoms with van der Waals surface area (Å²) < 4.78 is 28.1. The SMILES string of the molecule is CCCCCCC=COC(=O)CCC(=O)[O-].CCCCCCC=COC(=O)CCC(=O)[O-].CCCCCCC=COC(=O)CCC(=O)[O-].CCCCCCC=COC(=O)CCC(=O)[O-].CCCCCCC=COC(=O)CCC(=O)[O-].CCCCCCC=COC(=O)CCC(=O)[O-].[Al+3].[Al+3]. The normalized spacial score (nSPS) is 10.3. The van der Waals surface area contributed by atoms with Gasteiger partial charge in [0.2, 0.25) is 0 Å². The molecule has 0 aliphatic rings. The number of carbonyl (C=O) groups excluding carboxylic acids is 12. The zero-order valence-corrected chi connectivity index (χ0v) is 61.9. The van der Waals surface area contributed by atoms with Gasteiger partial charge in [-0.15, -0.1) is 0 Å². The molecule has 98 heavy (non-hydrogen) atoms. The van der Waals surface area contributed by atoms with Gasteiger partial charge < -0.3 is 87.8 Å². The first-order valence-electron chi connectivity index (χ1n) is 34.2. The molecule has 0 aromatic rings. The van der Waals surface area contributed by atoms with Crippen molar-refractivity contribution in [2.24, 2.45) is 0 Å². The minimum Gasteiger partial charge on any atom is -0.550 e. The molecule has 0 aromatic heterocycles. The van der Waals surface area contributed by atoms with E-state index in [9.17, 15) is 88.2 Å². The van der Waals surface area contributed by atoms with Crippen LogP contribution in [-0.2, 0) is 86.0 Å². The molecule has 0 fully saturated rings. The van der Waals surface area contributed by atoms with Crippen molar-refractivity contribution in [1.29, 1.82) is 0 Å². The molecular formula is C72H114Al2O24. The molecule has 0 radical (unpaired) electrons. The fraction of sp³-hybridized carbons (Fsp3) is 0.667. The minimum absolute atomic E-state index is 0. The Morgan fingerprint density at radius 1 is 0.204 bits per heavy atom. The fourth-order valence-electron chi connectivity index (χ4n) is 6.86. The molecule has 0 rings (SSSR count). The Morgan fingerprint density at radius 3 is 0.429 bits per heavy atom. The molecule has 0 saturated carbocycles. The summed E-state index contributed by atoms with van der Waals surface area (Å²) in [5, 5.41) is 60.3. The van der Waals surface area contributed by atoms with Gasteiger partial charge in [0.15, 0.2) is 0 Å². The van der Waals surface area contributed by atoms with Crippen LogP contribution in [0.25, 0.3) is 0 Å². The molecule has 0 spiro atoms. The standard InChI is InChI=1S/6C12H20O4.2Al/c6*1-2-3-4-5-6-7-10-16-12(15)9-8-11(13)14;;/h6*7,10H,2-6,8-9H2,1H3,(H,13,14);;/q;;;;;;2*+3/p-6. The molecule has 24 nitrogen and oxygen atoms in total. The summed E-state index contributed by atoms with van der Waals surface area (Å²) in [4.78, 5) is 126. The van der Waals surface area contributed by atoms with E-state index in [4.69, 9.17) is 0 Å². The molecule has 0 aromatic carbocycles. The maximum absolute atomic E-state index is 10.9. The first kappa shape index (κ1) is 107. The number of aliphatic carboxylic acids is 6. The molecule has 0 aliphatic heterocycles. The molecule has 0 aliphatic carbocycles. The van der Waals surface area contributed by atoms with E-state index in [1.54, 1.807) is 36.5 Å².